The molecule has 0 heterocycles. The van der Waals surface area contributed by atoms with Crippen LogP contribution in [0.25, 0.3) is 0 Å². The lowest BCUT2D eigenvalue weighted by molar-refractivity contribution is -0.117. The van der Waals surface area contributed by atoms with Gasteiger partial charge < -0.3 is 0 Å². The molecule has 0 aromatic rings. The summed E-state index contributed by atoms with van der Waals surface area (Å²) < 4.78 is 0.912. The van der Waals surface area contributed by atoms with Gasteiger partial charge in [-0.1, -0.05) is 20.8 Å². The van der Waals surface area contributed by atoms with Crippen LogP contribution in [0, 0.1) is 5.92 Å². The summed E-state index contributed by atoms with van der Waals surface area (Å²) in [6.07, 6.45) is 4.60. The molecule has 2 N–H and O–H groups in total. The molecule has 19 heavy (non-hydrogen) atoms. The number of rotatable bonds is 7. The maximum atomic E-state index is 12.1. The second-order valence-corrected chi connectivity index (χ2v) is 5.89. The Morgan fingerprint density at radius 3 is 2.21 bits per heavy atom. The predicted octanol–water partition coefficient (Wildman–Crippen LogP) is 2.75. The topological polar surface area (TPSA) is 67.4 Å². The fourth-order valence-corrected chi connectivity index (χ4v) is 3.07. The van der Waals surface area contributed by atoms with E-state index in [2.05, 4.69) is 10.8 Å². The summed E-state index contributed by atoms with van der Waals surface area (Å²) in [6.45, 7) is 6.18. The highest BCUT2D eigenvalue weighted by Crippen LogP contribution is 2.31. The van der Waals surface area contributed by atoms with Crippen LogP contribution in [-0.4, -0.2) is 31.1 Å². The van der Waals surface area contributed by atoms with Crippen molar-refractivity contribution in [3.63, 3.8) is 0 Å². The number of carbonyl (C=O) groups is 2. The second kappa shape index (κ2) is 10.2. The normalized spacial score (nSPS) is 10.2. The van der Waals surface area contributed by atoms with Crippen molar-refractivity contribution in [1.29, 1.82) is 0 Å². The third kappa shape index (κ3) is 6.89. The van der Waals surface area contributed by atoms with Gasteiger partial charge in [-0.2, -0.15) is 0 Å². The van der Waals surface area contributed by atoms with E-state index in [-0.39, 0.29) is 11.8 Å². The monoisotopic (exact) mass is 306 g/mol. The van der Waals surface area contributed by atoms with E-state index in [1.807, 2.05) is 33.3 Å². The van der Waals surface area contributed by atoms with Gasteiger partial charge in [-0.25, -0.2) is 10.3 Å². The van der Waals surface area contributed by atoms with E-state index in [1.54, 1.807) is 0 Å². The average molecular weight is 306 g/mol. The summed E-state index contributed by atoms with van der Waals surface area (Å²) in [4.78, 5) is 28.4. The predicted molar refractivity (Wildman–Crippen MR) is 81.8 cm³/mol. The Morgan fingerprint density at radius 1 is 1.21 bits per heavy atom. The summed E-state index contributed by atoms with van der Waals surface area (Å²) in [5.41, 5.74) is 2.79. The molecule has 3 amide bonds. The van der Waals surface area contributed by atoms with Crippen LogP contribution in [0.5, 0.6) is 0 Å². The molecular formula is C12H22N2O3S2. The number of amides is 3. The van der Waals surface area contributed by atoms with Crippen molar-refractivity contribution in [1.82, 2.24) is 10.8 Å². The Morgan fingerprint density at radius 2 is 1.79 bits per heavy atom. The Labute approximate surface area is 123 Å². The van der Waals surface area contributed by atoms with Crippen molar-refractivity contribution >= 4 is 35.5 Å². The highest BCUT2D eigenvalue weighted by Gasteiger charge is 2.20. The number of urea groups is 1. The van der Waals surface area contributed by atoms with Crippen molar-refractivity contribution in [2.24, 2.45) is 5.92 Å². The summed E-state index contributed by atoms with van der Waals surface area (Å²) >= 11 is 3.00. The lowest BCUT2D eigenvalue weighted by atomic mass is 10.1. The van der Waals surface area contributed by atoms with Crippen molar-refractivity contribution in [3.05, 3.63) is 9.81 Å². The number of hydrogen-bond acceptors (Lipinski definition) is 5. The summed E-state index contributed by atoms with van der Waals surface area (Å²) in [6, 6.07) is -0.641. The van der Waals surface area contributed by atoms with Gasteiger partial charge >= 0.3 is 6.03 Å². The third-order valence-electron chi connectivity index (χ3n) is 2.11. The number of hydrogen-bond donors (Lipinski definition) is 2. The fraction of sp³-hybridized carbons (Fsp3) is 0.667. The zero-order valence-corrected chi connectivity index (χ0v) is 13.7. The quantitative estimate of drug-likeness (QED) is 0.430. The van der Waals surface area contributed by atoms with Gasteiger partial charge in [-0.15, -0.1) is 23.5 Å². The van der Waals surface area contributed by atoms with E-state index in [0.29, 0.717) is 12.2 Å². The van der Waals surface area contributed by atoms with E-state index in [1.165, 1.54) is 23.5 Å². The Balaban J connectivity index is 4.67. The van der Waals surface area contributed by atoms with Crippen LogP contribution in [0.2, 0.25) is 0 Å². The lowest BCUT2D eigenvalue weighted by Crippen LogP contribution is -2.41. The smallest absolute Gasteiger partial charge is 0.272 e. The van der Waals surface area contributed by atoms with Gasteiger partial charge in [-0.3, -0.25) is 14.9 Å². The summed E-state index contributed by atoms with van der Waals surface area (Å²) in [5, 5.41) is 2.27. The number of hydroxylamine groups is 1. The SMILES string of the molecule is CCCONC(=O)NC(=O)C(=C(SC)SC)C(C)C. The van der Waals surface area contributed by atoms with Crippen LogP contribution >= 0.6 is 23.5 Å². The van der Waals surface area contributed by atoms with Gasteiger partial charge in [0.15, 0.2) is 0 Å². The van der Waals surface area contributed by atoms with Crippen LogP contribution in [-0.2, 0) is 9.63 Å². The van der Waals surface area contributed by atoms with Crippen LogP contribution in [0.3, 0.4) is 0 Å². The zero-order chi connectivity index (χ0) is 14.8. The Bertz CT molecular complexity index is 338. The molecule has 0 atom stereocenters. The first-order valence-corrected chi connectivity index (χ1v) is 8.48. The number of carbonyl (C=O) groups excluding carboxylic acids is 2. The molecule has 0 bridgehead atoms. The molecule has 0 aliphatic carbocycles. The molecule has 0 radical (unpaired) electrons. The second-order valence-electron chi connectivity index (χ2n) is 4.00. The van der Waals surface area contributed by atoms with Crippen molar-refractivity contribution in [2.45, 2.75) is 27.2 Å². The Hall–Kier alpha value is -0.660. The van der Waals surface area contributed by atoms with E-state index in [9.17, 15) is 9.59 Å². The molecule has 0 aliphatic heterocycles. The first-order chi connectivity index (χ1) is 8.97. The summed E-state index contributed by atoms with van der Waals surface area (Å²) in [5.74, 6) is -0.342. The maximum absolute atomic E-state index is 12.1. The number of thioether (sulfide) groups is 2. The molecule has 0 aromatic heterocycles. The Kier molecular flexibility index (Phi) is 9.81. The molecule has 7 heteroatoms. The van der Waals surface area contributed by atoms with Crippen LogP contribution in [0.4, 0.5) is 4.79 Å². The standard InChI is InChI=1S/C12H22N2O3S2/c1-6-7-17-14-12(16)13-10(15)9(8(2)3)11(18-4)19-5/h8H,6-7H2,1-5H3,(H2,13,14,15,16). The first-order valence-electron chi connectivity index (χ1n) is 6.03. The molecule has 0 rings (SSSR count). The highest BCUT2D eigenvalue weighted by molar-refractivity contribution is 8.21. The molecule has 0 spiro atoms. The number of nitrogens with one attached hydrogen (secondary N) is 2. The molecule has 0 saturated heterocycles. The minimum Gasteiger partial charge on any atom is -0.272 e. The van der Waals surface area contributed by atoms with Crippen molar-refractivity contribution < 1.29 is 14.4 Å². The highest BCUT2D eigenvalue weighted by atomic mass is 32.2. The van der Waals surface area contributed by atoms with Gasteiger partial charge in [-0.05, 0) is 24.9 Å². The molecule has 0 unspecified atom stereocenters. The zero-order valence-electron chi connectivity index (χ0n) is 12.0. The van der Waals surface area contributed by atoms with E-state index in [0.717, 1.165) is 10.7 Å². The molecule has 0 aliphatic rings. The largest absolute Gasteiger partial charge is 0.345 e. The lowest BCUT2D eigenvalue weighted by Gasteiger charge is -2.15. The van der Waals surface area contributed by atoms with E-state index in [4.69, 9.17) is 4.84 Å². The molecule has 0 fully saturated rings. The fourth-order valence-electron chi connectivity index (χ4n) is 1.31. The van der Waals surface area contributed by atoms with Crippen LogP contribution in [0.1, 0.15) is 27.2 Å². The maximum Gasteiger partial charge on any atom is 0.345 e. The van der Waals surface area contributed by atoms with Gasteiger partial charge in [0.2, 0.25) is 0 Å². The summed E-state index contributed by atoms with van der Waals surface area (Å²) in [7, 11) is 0. The van der Waals surface area contributed by atoms with Crippen molar-refractivity contribution in [3.8, 4) is 0 Å². The minimum atomic E-state index is -0.641. The van der Waals surface area contributed by atoms with Gasteiger partial charge in [0.25, 0.3) is 5.91 Å². The minimum absolute atomic E-state index is 0.0410. The molecule has 110 valence electrons. The third-order valence-corrected chi connectivity index (χ3v) is 4.29. The van der Waals surface area contributed by atoms with Gasteiger partial charge in [0.05, 0.1) is 6.61 Å². The molecular weight excluding hydrogens is 284 g/mol. The molecule has 5 nitrogen and oxygen atoms in total. The average Bonchev–Trinajstić information content (AvgIpc) is 2.35. The molecule has 0 aromatic carbocycles. The van der Waals surface area contributed by atoms with Gasteiger partial charge in [0.1, 0.15) is 0 Å². The van der Waals surface area contributed by atoms with E-state index < -0.39 is 6.03 Å². The van der Waals surface area contributed by atoms with Crippen molar-refractivity contribution in [2.75, 3.05) is 19.1 Å². The van der Waals surface area contributed by atoms with Crippen LogP contribution in [0.15, 0.2) is 9.81 Å². The van der Waals surface area contributed by atoms with E-state index >= 15 is 0 Å². The van der Waals surface area contributed by atoms with Crippen LogP contribution < -0.4 is 10.8 Å². The number of imide groups is 1. The first kappa shape index (κ1) is 18.3. The molecule has 0 saturated carbocycles. The van der Waals surface area contributed by atoms with Gasteiger partial charge in [0, 0.05) is 9.81 Å².